The van der Waals surface area contributed by atoms with Crippen molar-refractivity contribution >= 4 is 10.9 Å². The quantitative estimate of drug-likeness (QED) is 0.561. The molecule has 0 unspecified atom stereocenters. The van der Waals surface area contributed by atoms with Crippen LogP contribution in [0.1, 0.15) is 0 Å². The number of methoxy groups -OCH3 is 2. The highest BCUT2D eigenvalue weighted by atomic mass is 16.5. The second-order valence-corrected chi connectivity index (χ2v) is 5.56. The van der Waals surface area contributed by atoms with Gasteiger partial charge in [-0.3, -0.25) is 0 Å². The zero-order valence-corrected chi connectivity index (χ0v) is 14.4. The normalized spacial score (nSPS) is 10.7. The first-order valence-corrected chi connectivity index (χ1v) is 8.07. The highest BCUT2D eigenvalue weighted by Gasteiger charge is 2.17. The van der Waals surface area contributed by atoms with Gasteiger partial charge in [0.25, 0.3) is 0 Å². The molecular weight excluding hydrogens is 328 g/mol. The molecule has 0 aliphatic heterocycles. The van der Waals surface area contributed by atoms with Gasteiger partial charge in [-0.2, -0.15) is 4.98 Å². The molecule has 4 rings (SSSR count). The summed E-state index contributed by atoms with van der Waals surface area (Å²) in [5.41, 5.74) is 3.18. The number of hydrogen-bond donors (Lipinski definition) is 0. The van der Waals surface area contributed by atoms with Crippen molar-refractivity contribution in [3.63, 3.8) is 0 Å². The molecule has 2 aromatic heterocycles. The van der Waals surface area contributed by atoms with Gasteiger partial charge in [0.1, 0.15) is 0 Å². The van der Waals surface area contributed by atoms with Crippen LogP contribution in [0.4, 0.5) is 0 Å². The first kappa shape index (κ1) is 16.0. The Bertz CT molecular complexity index is 1070. The van der Waals surface area contributed by atoms with Gasteiger partial charge in [0.15, 0.2) is 5.82 Å². The van der Waals surface area contributed by atoms with E-state index in [1.807, 2.05) is 54.6 Å². The molecule has 0 spiro atoms. The molecule has 6 nitrogen and oxygen atoms in total. The SMILES string of the molecule is COc1ncc(-c2nc(-c3ccccc3)nc3ccccc23)c(OC)n1. The van der Waals surface area contributed by atoms with Gasteiger partial charge in [-0.15, -0.1) is 0 Å². The minimum atomic E-state index is 0.243. The van der Waals surface area contributed by atoms with Crippen LogP contribution in [0.3, 0.4) is 0 Å². The van der Waals surface area contributed by atoms with Gasteiger partial charge in [0, 0.05) is 17.1 Å². The summed E-state index contributed by atoms with van der Waals surface area (Å²) >= 11 is 0. The van der Waals surface area contributed by atoms with Crippen LogP contribution in [0.25, 0.3) is 33.5 Å². The van der Waals surface area contributed by atoms with Crippen LogP contribution in [0, 0.1) is 0 Å². The summed E-state index contributed by atoms with van der Waals surface area (Å²) in [4.78, 5) is 18.0. The molecule has 2 heterocycles. The standard InChI is InChI=1S/C20H16N4O2/c1-25-19-15(12-21-20(24-19)26-2)17-14-10-6-7-11-16(14)22-18(23-17)13-8-4-3-5-9-13/h3-12H,1-2H3. The van der Waals surface area contributed by atoms with Gasteiger partial charge in [0.2, 0.25) is 5.88 Å². The molecule has 0 saturated heterocycles. The van der Waals surface area contributed by atoms with Crippen molar-refractivity contribution in [1.82, 2.24) is 19.9 Å². The Hall–Kier alpha value is -3.54. The van der Waals surface area contributed by atoms with Crippen molar-refractivity contribution in [2.24, 2.45) is 0 Å². The molecule has 4 aromatic rings. The number of fused-ring (bicyclic) bond motifs is 1. The van der Waals surface area contributed by atoms with E-state index in [4.69, 9.17) is 19.4 Å². The van der Waals surface area contributed by atoms with Crippen LogP contribution in [0.15, 0.2) is 60.8 Å². The lowest BCUT2D eigenvalue weighted by Crippen LogP contribution is -2.00. The Morgan fingerprint density at radius 2 is 1.54 bits per heavy atom. The third-order valence-corrected chi connectivity index (χ3v) is 4.00. The van der Waals surface area contributed by atoms with Gasteiger partial charge >= 0.3 is 6.01 Å². The molecule has 128 valence electrons. The van der Waals surface area contributed by atoms with Gasteiger partial charge < -0.3 is 9.47 Å². The Morgan fingerprint density at radius 1 is 0.769 bits per heavy atom. The number of para-hydroxylation sites is 1. The summed E-state index contributed by atoms with van der Waals surface area (Å²) in [6.45, 7) is 0. The molecule has 0 aliphatic rings. The molecule has 26 heavy (non-hydrogen) atoms. The molecule has 0 amide bonds. The fourth-order valence-corrected chi connectivity index (χ4v) is 2.77. The van der Waals surface area contributed by atoms with Crippen molar-refractivity contribution in [1.29, 1.82) is 0 Å². The molecule has 0 N–H and O–H groups in total. The first-order valence-electron chi connectivity index (χ1n) is 8.07. The van der Waals surface area contributed by atoms with Gasteiger partial charge in [0.05, 0.1) is 31.0 Å². The molecule has 6 heteroatoms. The first-order chi connectivity index (χ1) is 12.8. The van der Waals surface area contributed by atoms with Crippen LogP contribution < -0.4 is 9.47 Å². The third kappa shape index (κ3) is 2.82. The minimum Gasteiger partial charge on any atom is -0.480 e. The number of hydrogen-bond acceptors (Lipinski definition) is 6. The fourth-order valence-electron chi connectivity index (χ4n) is 2.77. The Balaban J connectivity index is 2.00. The summed E-state index contributed by atoms with van der Waals surface area (Å²) in [6.07, 6.45) is 1.66. The van der Waals surface area contributed by atoms with Gasteiger partial charge in [-0.1, -0.05) is 48.5 Å². The molecule has 0 atom stereocenters. The summed E-state index contributed by atoms with van der Waals surface area (Å²) in [6, 6.07) is 17.9. The van der Waals surface area contributed by atoms with E-state index in [-0.39, 0.29) is 6.01 Å². The van der Waals surface area contributed by atoms with E-state index in [0.717, 1.165) is 16.5 Å². The Kier molecular flexibility index (Phi) is 4.15. The van der Waals surface area contributed by atoms with E-state index in [2.05, 4.69) is 9.97 Å². The van der Waals surface area contributed by atoms with Crippen LogP contribution in [0.2, 0.25) is 0 Å². The monoisotopic (exact) mass is 344 g/mol. The summed E-state index contributed by atoms with van der Waals surface area (Å²) in [5, 5.41) is 0.902. The second-order valence-electron chi connectivity index (χ2n) is 5.56. The summed E-state index contributed by atoms with van der Waals surface area (Å²) < 4.78 is 10.5. The van der Waals surface area contributed by atoms with E-state index in [9.17, 15) is 0 Å². The molecular formula is C20H16N4O2. The van der Waals surface area contributed by atoms with E-state index in [0.29, 0.717) is 23.0 Å². The predicted octanol–water partition coefficient (Wildman–Crippen LogP) is 3.77. The summed E-state index contributed by atoms with van der Waals surface area (Å²) in [7, 11) is 3.08. The third-order valence-electron chi connectivity index (χ3n) is 4.00. The fraction of sp³-hybridized carbons (Fsp3) is 0.100. The van der Waals surface area contributed by atoms with Crippen molar-refractivity contribution in [3.05, 3.63) is 60.8 Å². The zero-order chi connectivity index (χ0) is 17.9. The van der Waals surface area contributed by atoms with Crippen molar-refractivity contribution in [3.8, 4) is 34.5 Å². The predicted molar refractivity (Wildman–Crippen MR) is 99.1 cm³/mol. The van der Waals surface area contributed by atoms with Crippen LogP contribution in [-0.4, -0.2) is 34.2 Å². The Labute approximate surface area is 150 Å². The number of aromatic nitrogens is 4. The number of ether oxygens (including phenoxy) is 2. The number of benzene rings is 2. The highest BCUT2D eigenvalue weighted by Crippen LogP contribution is 2.33. The highest BCUT2D eigenvalue weighted by molar-refractivity contribution is 5.94. The molecule has 0 radical (unpaired) electrons. The lowest BCUT2D eigenvalue weighted by molar-refractivity contribution is 0.353. The average Bonchev–Trinajstić information content (AvgIpc) is 2.73. The van der Waals surface area contributed by atoms with Crippen molar-refractivity contribution in [2.45, 2.75) is 0 Å². The van der Waals surface area contributed by atoms with Crippen LogP contribution in [-0.2, 0) is 0 Å². The zero-order valence-electron chi connectivity index (χ0n) is 14.4. The van der Waals surface area contributed by atoms with Crippen molar-refractivity contribution in [2.75, 3.05) is 14.2 Å². The maximum Gasteiger partial charge on any atom is 0.319 e. The maximum atomic E-state index is 5.45. The molecule has 0 fully saturated rings. The molecule has 2 aromatic carbocycles. The Morgan fingerprint density at radius 3 is 2.31 bits per heavy atom. The maximum absolute atomic E-state index is 5.45. The molecule has 0 bridgehead atoms. The minimum absolute atomic E-state index is 0.243. The van der Waals surface area contributed by atoms with Crippen molar-refractivity contribution < 1.29 is 9.47 Å². The van der Waals surface area contributed by atoms with E-state index in [1.54, 1.807) is 13.3 Å². The largest absolute Gasteiger partial charge is 0.480 e. The molecule has 0 aliphatic carbocycles. The average molecular weight is 344 g/mol. The van der Waals surface area contributed by atoms with Crippen LogP contribution in [0.5, 0.6) is 11.9 Å². The smallest absolute Gasteiger partial charge is 0.319 e. The van der Waals surface area contributed by atoms with E-state index < -0.39 is 0 Å². The van der Waals surface area contributed by atoms with Crippen LogP contribution >= 0.6 is 0 Å². The number of rotatable bonds is 4. The summed E-state index contributed by atoms with van der Waals surface area (Å²) in [5.74, 6) is 1.04. The molecule has 0 saturated carbocycles. The van der Waals surface area contributed by atoms with Gasteiger partial charge in [-0.05, 0) is 6.07 Å². The lowest BCUT2D eigenvalue weighted by Gasteiger charge is -2.11. The van der Waals surface area contributed by atoms with Gasteiger partial charge in [-0.25, -0.2) is 15.0 Å². The topological polar surface area (TPSA) is 70.0 Å². The lowest BCUT2D eigenvalue weighted by atomic mass is 10.1. The number of nitrogens with zero attached hydrogens (tertiary/aromatic N) is 4. The second kappa shape index (κ2) is 6.76. The van der Waals surface area contributed by atoms with E-state index >= 15 is 0 Å². The van der Waals surface area contributed by atoms with E-state index in [1.165, 1.54) is 7.11 Å².